The predicted octanol–water partition coefficient (Wildman–Crippen LogP) is 2.65. The van der Waals surface area contributed by atoms with E-state index in [-0.39, 0.29) is 5.75 Å². The van der Waals surface area contributed by atoms with Gasteiger partial charge in [-0.3, -0.25) is 4.31 Å². The van der Waals surface area contributed by atoms with Crippen molar-refractivity contribution >= 4 is 26.7 Å². The van der Waals surface area contributed by atoms with Crippen LogP contribution in [-0.2, 0) is 16.4 Å². The molecular weight excluding hydrogens is 272 g/mol. The zero-order valence-corrected chi connectivity index (χ0v) is 12.6. The van der Waals surface area contributed by atoms with Gasteiger partial charge in [0, 0.05) is 11.9 Å². The number of hydrogen-bond acceptors (Lipinski definition) is 3. The van der Waals surface area contributed by atoms with E-state index >= 15 is 0 Å². The molecule has 0 radical (unpaired) electrons. The Morgan fingerprint density at radius 3 is 2.90 bits per heavy atom. The monoisotopic (exact) mass is 290 g/mol. The van der Waals surface area contributed by atoms with Crippen molar-refractivity contribution in [1.82, 2.24) is 4.98 Å². The largest absolute Gasteiger partial charge is 0.253 e. The predicted molar refractivity (Wildman–Crippen MR) is 81.6 cm³/mol. The zero-order valence-electron chi connectivity index (χ0n) is 11.8. The van der Waals surface area contributed by atoms with Crippen molar-refractivity contribution in [3.63, 3.8) is 0 Å². The molecule has 20 heavy (non-hydrogen) atoms. The minimum atomic E-state index is -3.23. The molecule has 4 nitrogen and oxygen atoms in total. The molecule has 0 atom stereocenters. The lowest BCUT2D eigenvalue weighted by Crippen LogP contribution is -2.31. The molecule has 0 bridgehead atoms. The van der Waals surface area contributed by atoms with Crippen LogP contribution in [-0.4, -0.2) is 25.7 Å². The summed E-state index contributed by atoms with van der Waals surface area (Å²) in [4.78, 5) is 4.63. The van der Waals surface area contributed by atoms with Crippen LogP contribution in [0, 0.1) is 6.92 Å². The molecule has 1 aromatic carbocycles. The number of aromatic nitrogens is 1. The summed E-state index contributed by atoms with van der Waals surface area (Å²) < 4.78 is 26.1. The Labute approximate surface area is 119 Å². The van der Waals surface area contributed by atoms with Crippen molar-refractivity contribution < 1.29 is 8.42 Å². The highest BCUT2D eigenvalue weighted by Gasteiger charge is 2.30. The molecule has 5 heteroatoms. The number of sulfonamides is 1. The molecule has 1 aliphatic rings. The fourth-order valence-corrected chi connectivity index (χ4v) is 4.27. The highest BCUT2D eigenvalue weighted by molar-refractivity contribution is 7.92. The first-order valence-corrected chi connectivity index (χ1v) is 8.53. The van der Waals surface area contributed by atoms with Crippen LogP contribution in [0.3, 0.4) is 0 Å². The Morgan fingerprint density at radius 2 is 2.15 bits per heavy atom. The van der Waals surface area contributed by atoms with Gasteiger partial charge in [-0.25, -0.2) is 13.4 Å². The number of anilines is 1. The van der Waals surface area contributed by atoms with Crippen molar-refractivity contribution in [3.05, 3.63) is 35.4 Å². The maximum atomic E-state index is 12.3. The number of para-hydroxylation sites is 1. The van der Waals surface area contributed by atoms with E-state index in [9.17, 15) is 8.42 Å². The average Bonchev–Trinajstić information content (AvgIpc) is 2.80. The molecule has 106 valence electrons. The van der Waals surface area contributed by atoms with Crippen molar-refractivity contribution in [1.29, 1.82) is 0 Å². The molecular formula is C15H18N2O2S. The van der Waals surface area contributed by atoms with Crippen molar-refractivity contribution in [3.8, 4) is 0 Å². The van der Waals surface area contributed by atoms with Gasteiger partial charge in [0.05, 0.1) is 11.3 Å². The fourth-order valence-electron chi connectivity index (χ4n) is 2.75. The topological polar surface area (TPSA) is 50.3 Å². The third-order valence-electron chi connectivity index (χ3n) is 3.72. The Bertz CT molecular complexity index is 769. The second kappa shape index (κ2) is 4.74. The molecule has 0 spiro atoms. The van der Waals surface area contributed by atoms with E-state index in [4.69, 9.17) is 0 Å². The van der Waals surface area contributed by atoms with Gasteiger partial charge in [0.15, 0.2) is 0 Å². The smallest absolute Gasteiger partial charge is 0.236 e. The van der Waals surface area contributed by atoms with Gasteiger partial charge in [-0.05, 0) is 37.0 Å². The summed E-state index contributed by atoms with van der Waals surface area (Å²) >= 11 is 0. The Morgan fingerprint density at radius 1 is 1.35 bits per heavy atom. The molecule has 0 saturated heterocycles. The van der Waals surface area contributed by atoms with Crippen LogP contribution in [0.15, 0.2) is 24.3 Å². The fraction of sp³-hybridized carbons (Fsp3) is 0.400. The summed E-state index contributed by atoms with van der Waals surface area (Å²) in [7, 11) is -3.23. The van der Waals surface area contributed by atoms with Crippen LogP contribution in [0.5, 0.6) is 0 Å². The van der Waals surface area contributed by atoms with Gasteiger partial charge >= 0.3 is 0 Å². The number of hydrogen-bond donors (Lipinski definition) is 0. The van der Waals surface area contributed by atoms with E-state index < -0.39 is 10.0 Å². The van der Waals surface area contributed by atoms with Gasteiger partial charge < -0.3 is 0 Å². The molecule has 1 aliphatic heterocycles. The third-order valence-corrected chi connectivity index (χ3v) is 5.67. The summed E-state index contributed by atoms with van der Waals surface area (Å²) in [6, 6.07) is 8.11. The number of aryl methyl sites for hydroxylation is 1. The number of fused-ring (bicyclic) bond motifs is 2. The van der Waals surface area contributed by atoms with E-state index in [0.29, 0.717) is 18.8 Å². The summed E-state index contributed by atoms with van der Waals surface area (Å²) in [6.07, 6.45) is 1.37. The molecule has 0 amide bonds. The van der Waals surface area contributed by atoms with E-state index in [0.717, 1.165) is 28.5 Å². The maximum absolute atomic E-state index is 12.3. The Balaban J connectivity index is 2.16. The van der Waals surface area contributed by atoms with Crippen molar-refractivity contribution in [2.45, 2.75) is 26.7 Å². The normalized spacial score (nSPS) is 14.8. The lowest BCUT2D eigenvalue weighted by molar-refractivity contribution is 0.590. The lowest BCUT2D eigenvalue weighted by atomic mass is 10.1. The maximum Gasteiger partial charge on any atom is 0.236 e. The zero-order chi connectivity index (χ0) is 14.3. The highest BCUT2D eigenvalue weighted by atomic mass is 32.2. The SMILES string of the molecule is CCCS(=O)(=O)N1CCc2cc3cccc(C)c3nc21. The first-order valence-electron chi connectivity index (χ1n) is 6.92. The van der Waals surface area contributed by atoms with Crippen LogP contribution >= 0.6 is 0 Å². The molecule has 0 unspecified atom stereocenters. The molecule has 2 heterocycles. The number of pyridine rings is 1. The highest BCUT2D eigenvalue weighted by Crippen LogP contribution is 2.32. The molecule has 0 aliphatic carbocycles. The molecule has 0 saturated carbocycles. The minimum Gasteiger partial charge on any atom is -0.253 e. The van der Waals surface area contributed by atoms with Crippen molar-refractivity contribution in [2.24, 2.45) is 0 Å². The lowest BCUT2D eigenvalue weighted by Gasteiger charge is -2.18. The van der Waals surface area contributed by atoms with E-state index in [1.54, 1.807) is 0 Å². The Kier molecular flexibility index (Phi) is 3.17. The molecule has 0 N–H and O–H groups in total. The first-order chi connectivity index (χ1) is 9.53. The van der Waals surface area contributed by atoms with Crippen molar-refractivity contribution in [2.75, 3.05) is 16.6 Å². The Hall–Kier alpha value is -1.62. The van der Waals surface area contributed by atoms with Crippen LogP contribution < -0.4 is 4.31 Å². The quantitative estimate of drug-likeness (QED) is 0.873. The summed E-state index contributed by atoms with van der Waals surface area (Å²) in [5.74, 6) is 0.806. The van der Waals surface area contributed by atoms with E-state index in [1.165, 1.54) is 4.31 Å². The number of rotatable bonds is 3. The number of nitrogens with zero attached hydrogens (tertiary/aromatic N) is 2. The molecule has 0 fully saturated rings. The van der Waals surface area contributed by atoms with Crippen LogP contribution in [0.2, 0.25) is 0 Å². The van der Waals surface area contributed by atoms with Gasteiger partial charge in [-0.15, -0.1) is 0 Å². The standard InChI is InChI=1S/C15H18N2O2S/c1-3-9-20(18,19)17-8-7-13-10-12-6-4-5-11(2)14(12)16-15(13)17/h4-6,10H,3,7-9H2,1-2H3. The van der Waals surface area contributed by atoms with Gasteiger partial charge in [0.2, 0.25) is 10.0 Å². The first kappa shape index (κ1) is 13.4. The summed E-state index contributed by atoms with van der Waals surface area (Å²) in [6.45, 7) is 4.40. The summed E-state index contributed by atoms with van der Waals surface area (Å²) in [5.41, 5.74) is 3.00. The second-order valence-corrected chi connectivity index (χ2v) is 7.27. The molecule has 3 rings (SSSR count). The van der Waals surface area contributed by atoms with Crippen LogP contribution in [0.4, 0.5) is 5.82 Å². The molecule has 1 aromatic heterocycles. The second-order valence-electron chi connectivity index (χ2n) is 5.26. The van der Waals surface area contributed by atoms with Gasteiger partial charge in [-0.1, -0.05) is 25.1 Å². The van der Waals surface area contributed by atoms with E-state index in [2.05, 4.69) is 11.1 Å². The third kappa shape index (κ3) is 2.06. The van der Waals surface area contributed by atoms with Crippen LogP contribution in [0.25, 0.3) is 10.9 Å². The van der Waals surface area contributed by atoms with E-state index in [1.807, 2.05) is 32.0 Å². The minimum absolute atomic E-state index is 0.180. The van der Waals surface area contributed by atoms with Gasteiger partial charge in [0.1, 0.15) is 5.82 Å². The van der Waals surface area contributed by atoms with Gasteiger partial charge in [-0.2, -0.15) is 0 Å². The van der Waals surface area contributed by atoms with Gasteiger partial charge in [0.25, 0.3) is 0 Å². The molecule has 2 aromatic rings. The van der Waals surface area contributed by atoms with Crippen LogP contribution in [0.1, 0.15) is 24.5 Å². The summed E-state index contributed by atoms with van der Waals surface area (Å²) in [5, 5.41) is 1.08. The number of benzene rings is 1. The average molecular weight is 290 g/mol.